The van der Waals surface area contributed by atoms with E-state index in [0.29, 0.717) is 48.8 Å². The zero-order chi connectivity index (χ0) is 24.5. The van der Waals surface area contributed by atoms with E-state index in [1.165, 1.54) is 0 Å². The van der Waals surface area contributed by atoms with Crippen LogP contribution in [0, 0.1) is 6.92 Å². The molecule has 2 amide bonds. The van der Waals surface area contributed by atoms with Crippen LogP contribution in [0.5, 0.6) is 11.5 Å². The highest BCUT2D eigenvalue weighted by atomic mass is 16.7. The van der Waals surface area contributed by atoms with Gasteiger partial charge in [-0.15, -0.1) is 0 Å². The summed E-state index contributed by atoms with van der Waals surface area (Å²) in [5, 5.41) is 7.48. The molecule has 4 heterocycles. The molecule has 2 aliphatic heterocycles. The topological polar surface area (TPSA) is 98.6 Å². The molecule has 2 aromatic heterocycles. The Morgan fingerprint density at radius 2 is 2.00 bits per heavy atom. The molecule has 3 aromatic rings. The fourth-order valence-electron chi connectivity index (χ4n) is 4.71. The second kappa shape index (κ2) is 9.40. The van der Waals surface area contributed by atoms with E-state index in [1.807, 2.05) is 31.1 Å². The minimum absolute atomic E-state index is 0.0220. The lowest BCUT2D eigenvalue weighted by Gasteiger charge is -2.30. The van der Waals surface area contributed by atoms with Gasteiger partial charge in [-0.2, -0.15) is 5.10 Å². The van der Waals surface area contributed by atoms with E-state index in [-0.39, 0.29) is 18.6 Å². The number of aryl methyl sites for hydroxylation is 3. The normalized spacial score (nSPS) is 14.1. The molecule has 2 aliphatic rings. The van der Waals surface area contributed by atoms with Crippen molar-refractivity contribution in [2.45, 2.75) is 46.2 Å². The second-order valence-corrected chi connectivity index (χ2v) is 8.95. The summed E-state index contributed by atoms with van der Waals surface area (Å²) in [7, 11) is 1.82. The lowest BCUT2D eigenvalue weighted by atomic mass is 9.94. The summed E-state index contributed by atoms with van der Waals surface area (Å²) in [5.41, 5.74) is 6.12. The number of rotatable bonds is 6. The van der Waals surface area contributed by atoms with Crippen LogP contribution < -0.4 is 14.8 Å². The Morgan fingerprint density at radius 3 is 2.83 bits per heavy atom. The molecule has 0 saturated heterocycles. The Bertz CT molecular complexity index is 1300. The van der Waals surface area contributed by atoms with Crippen molar-refractivity contribution in [3.8, 4) is 11.5 Å². The molecule has 0 saturated carbocycles. The number of nitrogens with zero attached hydrogens (tertiary/aromatic N) is 4. The van der Waals surface area contributed by atoms with Gasteiger partial charge in [0.15, 0.2) is 11.5 Å². The molecule has 0 bridgehead atoms. The number of benzene rings is 1. The molecule has 0 unspecified atom stereocenters. The molecular weight excluding hydrogens is 446 g/mol. The number of aromatic nitrogens is 3. The van der Waals surface area contributed by atoms with E-state index in [0.717, 1.165) is 40.9 Å². The number of carbonyl (C=O) groups is 2. The van der Waals surface area contributed by atoms with Crippen LogP contribution in [0.3, 0.4) is 0 Å². The van der Waals surface area contributed by atoms with Gasteiger partial charge in [0.2, 0.25) is 6.79 Å². The Hall–Kier alpha value is -3.88. The summed E-state index contributed by atoms with van der Waals surface area (Å²) in [4.78, 5) is 32.4. The lowest BCUT2D eigenvalue weighted by Crippen LogP contribution is -2.38. The maximum Gasteiger partial charge on any atom is 0.272 e. The summed E-state index contributed by atoms with van der Waals surface area (Å²) in [5.74, 6) is 1.01. The first kappa shape index (κ1) is 22.9. The van der Waals surface area contributed by atoms with Crippen molar-refractivity contribution in [3.63, 3.8) is 0 Å². The lowest BCUT2D eigenvalue weighted by molar-refractivity contribution is 0.0723. The minimum Gasteiger partial charge on any atom is -0.454 e. The predicted octanol–water partition coefficient (Wildman–Crippen LogP) is 2.93. The highest BCUT2D eigenvalue weighted by molar-refractivity contribution is 5.95. The first-order valence-electron chi connectivity index (χ1n) is 11.9. The molecular formula is C26H29N5O4. The maximum atomic E-state index is 13.2. The zero-order valence-corrected chi connectivity index (χ0v) is 20.3. The van der Waals surface area contributed by atoms with Crippen molar-refractivity contribution in [2.24, 2.45) is 7.05 Å². The predicted molar refractivity (Wildman–Crippen MR) is 128 cm³/mol. The number of nitrogens with one attached hydrogen (secondary N) is 1. The Balaban J connectivity index is 1.30. The Labute approximate surface area is 204 Å². The quantitative estimate of drug-likeness (QED) is 0.589. The van der Waals surface area contributed by atoms with Gasteiger partial charge < -0.3 is 19.7 Å². The van der Waals surface area contributed by atoms with Crippen molar-refractivity contribution in [3.05, 3.63) is 69.8 Å². The second-order valence-electron chi connectivity index (χ2n) is 8.95. The number of fused-ring (bicyclic) bond motifs is 2. The molecule has 0 atom stereocenters. The average Bonchev–Trinajstić information content (AvgIpc) is 3.48. The van der Waals surface area contributed by atoms with E-state index in [2.05, 4.69) is 22.3 Å². The van der Waals surface area contributed by atoms with Gasteiger partial charge in [0.25, 0.3) is 11.8 Å². The molecule has 9 nitrogen and oxygen atoms in total. The van der Waals surface area contributed by atoms with E-state index < -0.39 is 0 Å². The number of hydrogen-bond donors (Lipinski definition) is 1. The molecule has 9 heteroatoms. The van der Waals surface area contributed by atoms with E-state index in [4.69, 9.17) is 9.47 Å². The van der Waals surface area contributed by atoms with Gasteiger partial charge in [-0.3, -0.25) is 19.3 Å². The minimum atomic E-state index is -0.188. The highest BCUT2D eigenvalue weighted by Crippen LogP contribution is 2.32. The van der Waals surface area contributed by atoms with Gasteiger partial charge in [-0.1, -0.05) is 13.3 Å². The van der Waals surface area contributed by atoms with Crippen LogP contribution in [0.4, 0.5) is 0 Å². The Kier molecular flexibility index (Phi) is 6.15. The number of amides is 2. The third kappa shape index (κ3) is 4.45. The van der Waals surface area contributed by atoms with Gasteiger partial charge in [0, 0.05) is 44.1 Å². The fraction of sp³-hybridized carbons (Fsp3) is 0.385. The molecule has 1 N–H and O–H groups in total. The van der Waals surface area contributed by atoms with Crippen LogP contribution >= 0.6 is 0 Å². The Morgan fingerprint density at radius 1 is 1.17 bits per heavy atom. The van der Waals surface area contributed by atoms with E-state index >= 15 is 0 Å². The van der Waals surface area contributed by atoms with Crippen molar-refractivity contribution in [2.75, 3.05) is 13.3 Å². The fourth-order valence-corrected chi connectivity index (χ4v) is 4.71. The van der Waals surface area contributed by atoms with E-state index in [1.54, 1.807) is 22.9 Å². The monoisotopic (exact) mass is 475 g/mol. The molecule has 1 aromatic carbocycles. The SMILES string of the molecule is CCCc1cc(C(=O)N2CCc3c(cnc(C)c3CNC(=O)c3ccc4c(c3)OCO4)C2)n(C)n1. The number of pyridine rings is 1. The molecule has 35 heavy (non-hydrogen) atoms. The molecule has 5 rings (SSSR count). The first-order chi connectivity index (χ1) is 16.9. The van der Waals surface area contributed by atoms with Gasteiger partial charge >= 0.3 is 0 Å². The average molecular weight is 476 g/mol. The zero-order valence-electron chi connectivity index (χ0n) is 20.3. The molecule has 0 fully saturated rings. The van der Waals surface area contributed by atoms with Crippen LogP contribution in [0.15, 0.2) is 30.5 Å². The third-order valence-electron chi connectivity index (χ3n) is 6.60. The van der Waals surface area contributed by atoms with Crippen LogP contribution in [-0.2, 0) is 33.0 Å². The smallest absolute Gasteiger partial charge is 0.272 e. The van der Waals surface area contributed by atoms with E-state index in [9.17, 15) is 9.59 Å². The third-order valence-corrected chi connectivity index (χ3v) is 6.60. The number of hydrogen-bond acceptors (Lipinski definition) is 6. The van der Waals surface area contributed by atoms with Gasteiger partial charge in [-0.25, -0.2) is 0 Å². The summed E-state index contributed by atoms with van der Waals surface area (Å²) in [6.45, 7) is 5.67. The van der Waals surface area contributed by atoms with Gasteiger partial charge in [-0.05, 0) is 60.7 Å². The summed E-state index contributed by atoms with van der Waals surface area (Å²) < 4.78 is 12.4. The van der Waals surface area contributed by atoms with Crippen LogP contribution in [-0.4, -0.2) is 44.8 Å². The number of ether oxygens (including phenoxy) is 2. The van der Waals surface area contributed by atoms with Crippen LogP contribution in [0.25, 0.3) is 0 Å². The summed E-state index contributed by atoms with van der Waals surface area (Å²) >= 11 is 0. The molecule has 0 spiro atoms. The highest BCUT2D eigenvalue weighted by Gasteiger charge is 2.27. The van der Waals surface area contributed by atoms with Gasteiger partial charge in [0.1, 0.15) is 5.69 Å². The van der Waals surface area contributed by atoms with Crippen molar-refractivity contribution < 1.29 is 19.1 Å². The summed E-state index contributed by atoms with van der Waals surface area (Å²) in [6.07, 6.45) is 4.40. The maximum absolute atomic E-state index is 13.2. The van der Waals surface area contributed by atoms with Gasteiger partial charge in [0.05, 0.1) is 5.69 Å². The standard InChI is InChI=1S/C26H29N5O4/c1-4-5-19-11-22(30(3)29-19)26(33)31-9-8-20-18(14-31)12-27-16(2)21(20)13-28-25(32)17-6-7-23-24(10-17)35-15-34-23/h6-7,10-12H,4-5,8-9,13-15H2,1-3H3,(H,28,32). The van der Waals surface area contributed by atoms with Crippen LogP contribution in [0.2, 0.25) is 0 Å². The number of carbonyl (C=O) groups excluding carboxylic acids is 2. The summed E-state index contributed by atoms with van der Waals surface area (Å²) in [6, 6.07) is 7.05. The van der Waals surface area contributed by atoms with Crippen molar-refractivity contribution >= 4 is 11.8 Å². The van der Waals surface area contributed by atoms with Crippen molar-refractivity contribution in [1.29, 1.82) is 0 Å². The molecule has 182 valence electrons. The van der Waals surface area contributed by atoms with Crippen LogP contribution in [0.1, 0.15) is 62.3 Å². The largest absolute Gasteiger partial charge is 0.454 e. The molecule has 0 aliphatic carbocycles. The first-order valence-corrected chi connectivity index (χ1v) is 11.9. The molecule has 0 radical (unpaired) electrons. The van der Waals surface area contributed by atoms with Crippen molar-refractivity contribution in [1.82, 2.24) is 25.0 Å².